The van der Waals surface area contributed by atoms with E-state index in [1.165, 1.54) is 11.1 Å². The third-order valence-electron chi connectivity index (χ3n) is 3.59. The molecule has 0 aliphatic heterocycles. The summed E-state index contributed by atoms with van der Waals surface area (Å²) in [4.78, 5) is 0. The monoisotopic (exact) mass is 397 g/mol. The summed E-state index contributed by atoms with van der Waals surface area (Å²) < 4.78 is 14.2. The number of rotatable bonds is 7. The molecule has 0 heterocycles. The molecular formula is C18H21FIN. The summed E-state index contributed by atoms with van der Waals surface area (Å²) in [6.07, 6.45) is 3.26. The number of aryl methyl sites for hydroxylation is 1. The van der Waals surface area contributed by atoms with Crippen LogP contribution in [0.25, 0.3) is 0 Å². The molecule has 21 heavy (non-hydrogen) atoms. The van der Waals surface area contributed by atoms with Gasteiger partial charge in [0.15, 0.2) is 0 Å². The fraction of sp³-hybridized carbons (Fsp3) is 0.333. The van der Waals surface area contributed by atoms with Crippen LogP contribution in [0.5, 0.6) is 0 Å². The van der Waals surface area contributed by atoms with Crippen LogP contribution in [0.1, 0.15) is 36.9 Å². The molecule has 112 valence electrons. The molecule has 0 radical (unpaired) electrons. The number of hydrogen-bond donors (Lipinski definition) is 1. The lowest BCUT2D eigenvalue weighted by Crippen LogP contribution is -2.22. The molecule has 0 saturated carbocycles. The van der Waals surface area contributed by atoms with Gasteiger partial charge in [-0.3, -0.25) is 0 Å². The van der Waals surface area contributed by atoms with Crippen LogP contribution >= 0.6 is 22.6 Å². The maximum Gasteiger partial charge on any atom is 0.124 e. The summed E-state index contributed by atoms with van der Waals surface area (Å²) >= 11 is 2.22. The number of nitrogens with one attached hydrogen (secondary N) is 1. The molecule has 0 spiro atoms. The highest BCUT2D eigenvalue weighted by molar-refractivity contribution is 14.1. The van der Waals surface area contributed by atoms with E-state index in [9.17, 15) is 4.39 Å². The molecule has 0 fully saturated rings. The van der Waals surface area contributed by atoms with E-state index >= 15 is 0 Å². The Morgan fingerprint density at radius 2 is 1.90 bits per heavy atom. The van der Waals surface area contributed by atoms with Gasteiger partial charge < -0.3 is 5.32 Å². The number of halogens is 2. The van der Waals surface area contributed by atoms with E-state index in [1.54, 1.807) is 12.1 Å². The first kappa shape index (κ1) is 16.4. The molecule has 0 aromatic heterocycles. The minimum Gasteiger partial charge on any atom is -0.310 e. The minimum absolute atomic E-state index is 0.164. The van der Waals surface area contributed by atoms with Gasteiger partial charge in [0.05, 0.1) is 0 Å². The van der Waals surface area contributed by atoms with Gasteiger partial charge in [0.2, 0.25) is 0 Å². The van der Waals surface area contributed by atoms with Crippen molar-refractivity contribution in [2.24, 2.45) is 0 Å². The Labute approximate surface area is 140 Å². The Morgan fingerprint density at radius 1 is 1.14 bits per heavy atom. The molecular weight excluding hydrogens is 376 g/mol. The van der Waals surface area contributed by atoms with E-state index in [0.717, 1.165) is 29.4 Å². The maximum atomic E-state index is 13.2. The van der Waals surface area contributed by atoms with E-state index < -0.39 is 0 Å². The van der Waals surface area contributed by atoms with Gasteiger partial charge in [-0.1, -0.05) is 43.3 Å². The Hall–Kier alpha value is -0.940. The quantitative estimate of drug-likeness (QED) is 0.641. The molecule has 2 aromatic carbocycles. The summed E-state index contributed by atoms with van der Waals surface area (Å²) in [5.74, 6) is -0.164. The molecule has 1 unspecified atom stereocenters. The molecule has 1 nitrogen and oxygen atoms in total. The van der Waals surface area contributed by atoms with Crippen LogP contribution in [0.3, 0.4) is 0 Å². The Morgan fingerprint density at radius 3 is 2.57 bits per heavy atom. The first-order valence-corrected chi connectivity index (χ1v) is 8.51. The lowest BCUT2D eigenvalue weighted by molar-refractivity contribution is 0.495. The molecule has 0 amide bonds. The van der Waals surface area contributed by atoms with Gasteiger partial charge in [-0.15, -0.1) is 0 Å². The maximum absolute atomic E-state index is 13.2. The van der Waals surface area contributed by atoms with Gasteiger partial charge in [-0.05, 0) is 71.7 Å². The van der Waals surface area contributed by atoms with Crippen molar-refractivity contribution in [3.8, 4) is 0 Å². The summed E-state index contributed by atoms with van der Waals surface area (Å²) in [5, 5.41) is 3.52. The largest absolute Gasteiger partial charge is 0.310 e. The molecule has 2 rings (SSSR count). The predicted octanol–water partition coefficient (Wildman–Crippen LogP) is 5.10. The first-order chi connectivity index (χ1) is 10.2. The summed E-state index contributed by atoms with van der Waals surface area (Å²) in [6.45, 7) is 3.03. The molecule has 0 saturated heterocycles. The zero-order chi connectivity index (χ0) is 15.1. The normalized spacial score (nSPS) is 12.3. The molecule has 3 heteroatoms. The standard InChI is InChI=1S/C18H21FIN/c1-2-21-18(16-12-11-15(19)13-17(16)20)10-6-9-14-7-4-3-5-8-14/h3-5,7-8,11-13,18,21H,2,6,9-10H2,1H3. The summed E-state index contributed by atoms with van der Waals surface area (Å²) in [6, 6.07) is 15.9. The smallest absolute Gasteiger partial charge is 0.124 e. The van der Waals surface area contributed by atoms with Crippen molar-refractivity contribution in [2.75, 3.05) is 6.54 Å². The zero-order valence-corrected chi connectivity index (χ0v) is 14.4. The predicted molar refractivity (Wildman–Crippen MR) is 94.9 cm³/mol. The van der Waals surface area contributed by atoms with Crippen LogP contribution in [0, 0.1) is 9.39 Å². The Kier molecular flexibility index (Phi) is 6.64. The summed E-state index contributed by atoms with van der Waals surface area (Å²) in [7, 11) is 0. The van der Waals surface area contributed by atoms with Crippen LogP contribution in [-0.2, 0) is 6.42 Å². The van der Waals surface area contributed by atoms with Gasteiger partial charge >= 0.3 is 0 Å². The lowest BCUT2D eigenvalue weighted by atomic mass is 9.99. The molecule has 0 aliphatic carbocycles. The van der Waals surface area contributed by atoms with Crippen LogP contribution < -0.4 is 5.32 Å². The second kappa shape index (κ2) is 8.49. The second-order valence-corrected chi connectivity index (χ2v) is 6.32. The lowest BCUT2D eigenvalue weighted by Gasteiger charge is -2.20. The van der Waals surface area contributed by atoms with Crippen LogP contribution in [-0.4, -0.2) is 6.54 Å². The highest BCUT2D eigenvalue weighted by Crippen LogP contribution is 2.25. The second-order valence-electron chi connectivity index (χ2n) is 5.15. The third kappa shape index (κ3) is 5.08. The Bertz CT molecular complexity index is 556. The third-order valence-corrected chi connectivity index (χ3v) is 4.52. The molecule has 0 bridgehead atoms. The number of benzene rings is 2. The van der Waals surface area contributed by atoms with Gasteiger partial charge in [-0.25, -0.2) is 4.39 Å². The van der Waals surface area contributed by atoms with E-state index in [1.807, 2.05) is 12.1 Å². The molecule has 1 atom stereocenters. The fourth-order valence-electron chi connectivity index (χ4n) is 2.55. The molecule has 2 aromatic rings. The van der Waals surface area contributed by atoms with Gasteiger partial charge in [-0.2, -0.15) is 0 Å². The zero-order valence-electron chi connectivity index (χ0n) is 12.3. The van der Waals surface area contributed by atoms with Crippen molar-refractivity contribution in [3.05, 3.63) is 69.0 Å². The SMILES string of the molecule is CCNC(CCCc1ccccc1)c1ccc(F)cc1I. The number of hydrogen-bond acceptors (Lipinski definition) is 1. The van der Waals surface area contributed by atoms with Crippen molar-refractivity contribution in [1.82, 2.24) is 5.32 Å². The highest BCUT2D eigenvalue weighted by Gasteiger charge is 2.13. The summed E-state index contributed by atoms with van der Waals surface area (Å²) in [5.41, 5.74) is 2.58. The van der Waals surface area contributed by atoms with Crippen molar-refractivity contribution in [2.45, 2.75) is 32.2 Å². The van der Waals surface area contributed by atoms with Crippen molar-refractivity contribution in [1.29, 1.82) is 0 Å². The van der Waals surface area contributed by atoms with Gasteiger partial charge in [0.1, 0.15) is 5.82 Å². The van der Waals surface area contributed by atoms with Crippen LogP contribution in [0.2, 0.25) is 0 Å². The van der Waals surface area contributed by atoms with Crippen LogP contribution in [0.15, 0.2) is 48.5 Å². The fourth-order valence-corrected chi connectivity index (χ4v) is 3.41. The van der Waals surface area contributed by atoms with E-state index in [4.69, 9.17) is 0 Å². The van der Waals surface area contributed by atoms with Crippen LogP contribution in [0.4, 0.5) is 4.39 Å². The average Bonchev–Trinajstić information content (AvgIpc) is 2.48. The van der Waals surface area contributed by atoms with Gasteiger partial charge in [0.25, 0.3) is 0 Å². The van der Waals surface area contributed by atoms with Gasteiger partial charge in [0, 0.05) is 9.61 Å². The molecule has 0 aliphatic rings. The van der Waals surface area contributed by atoms with E-state index in [0.29, 0.717) is 6.04 Å². The average molecular weight is 397 g/mol. The van der Waals surface area contributed by atoms with Crippen molar-refractivity contribution < 1.29 is 4.39 Å². The first-order valence-electron chi connectivity index (χ1n) is 7.43. The van der Waals surface area contributed by atoms with Crippen molar-refractivity contribution in [3.63, 3.8) is 0 Å². The topological polar surface area (TPSA) is 12.0 Å². The van der Waals surface area contributed by atoms with E-state index in [2.05, 4.69) is 59.1 Å². The van der Waals surface area contributed by atoms with Crippen molar-refractivity contribution >= 4 is 22.6 Å². The highest BCUT2D eigenvalue weighted by atomic mass is 127. The van der Waals surface area contributed by atoms with E-state index in [-0.39, 0.29) is 5.82 Å². The molecule has 1 N–H and O–H groups in total. The Balaban J connectivity index is 1.98. The minimum atomic E-state index is -0.164.